The summed E-state index contributed by atoms with van der Waals surface area (Å²) in [6, 6.07) is 5.70. The van der Waals surface area contributed by atoms with Gasteiger partial charge in [0.1, 0.15) is 5.76 Å². The van der Waals surface area contributed by atoms with Gasteiger partial charge in [-0.15, -0.1) is 0 Å². The first-order valence-electron chi connectivity index (χ1n) is 5.74. The van der Waals surface area contributed by atoms with Crippen molar-refractivity contribution in [3.05, 3.63) is 45.1 Å². The predicted molar refractivity (Wildman–Crippen MR) is 83.8 cm³/mol. The average Bonchev–Trinajstić information content (AvgIpc) is 2.84. The van der Waals surface area contributed by atoms with Gasteiger partial charge in [-0.1, -0.05) is 34.8 Å². The summed E-state index contributed by atoms with van der Waals surface area (Å²) in [5, 5.41) is 3.13. The first kappa shape index (κ1) is 16.5. The van der Waals surface area contributed by atoms with Gasteiger partial charge in [-0.05, 0) is 31.3 Å². The van der Waals surface area contributed by atoms with E-state index >= 15 is 0 Å². The van der Waals surface area contributed by atoms with Crippen LogP contribution in [0.3, 0.4) is 0 Å². The van der Waals surface area contributed by atoms with Crippen molar-refractivity contribution in [2.45, 2.75) is 11.6 Å². The van der Waals surface area contributed by atoms with Crippen LogP contribution >= 0.6 is 34.8 Å². The number of benzene rings is 1. The Kier molecular flexibility index (Phi) is 5.06. The molecular formula is C12H11Cl3N2O3S. The lowest BCUT2D eigenvalue weighted by Gasteiger charge is -2.10. The van der Waals surface area contributed by atoms with Crippen molar-refractivity contribution in [3.8, 4) is 0 Å². The van der Waals surface area contributed by atoms with Crippen LogP contribution in [0.2, 0.25) is 15.1 Å². The molecule has 0 spiro atoms. The third-order valence-electron chi connectivity index (χ3n) is 2.50. The minimum absolute atomic E-state index is 0.0503. The summed E-state index contributed by atoms with van der Waals surface area (Å²) in [4.78, 5) is 0. The monoisotopic (exact) mass is 368 g/mol. The Hall–Kier alpha value is -0.920. The molecule has 1 aromatic heterocycles. The van der Waals surface area contributed by atoms with Crippen molar-refractivity contribution < 1.29 is 12.8 Å². The summed E-state index contributed by atoms with van der Waals surface area (Å²) in [5.74, 6) is 0.492. The van der Waals surface area contributed by atoms with Crippen molar-refractivity contribution in [2.75, 3.05) is 11.8 Å². The third-order valence-corrected chi connectivity index (χ3v) is 4.53. The van der Waals surface area contributed by atoms with Crippen LogP contribution in [0.4, 0.5) is 5.69 Å². The lowest BCUT2D eigenvalue weighted by atomic mass is 10.3. The molecule has 0 saturated heterocycles. The van der Waals surface area contributed by atoms with E-state index in [4.69, 9.17) is 39.2 Å². The van der Waals surface area contributed by atoms with Crippen molar-refractivity contribution in [1.29, 1.82) is 0 Å². The Morgan fingerprint density at radius 3 is 2.33 bits per heavy atom. The molecule has 9 heteroatoms. The third kappa shape index (κ3) is 3.84. The standard InChI is InChI=1S/C12H11Cl3N2O3S/c1-16-6-8-2-3-11(20-8)21(18,19)17-12-9(14)4-7(13)5-10(12)15/h2-5,16-17H,6H2,1H3. The van der Waals surface area contributed by atoms with Crippen molar-refractivity contribution in [3.63, 3.8) is 0 Å². The average molecular weight is 370 g/mol. The van der Waals surface area contributed by atoms with Crippen LogP contribution in [-0.2, 0) is 16.6 Å². The number of nitrogens with one attached hydrogen (secondary N) is 2. The summed E-state index contributed by atoms with van der Waals surface area (Å²) < 4.78 is 32.0. The van der Waals surface area contributed by atoms with E-state index in [2.05, 4.69) is 10.0 Å². The SMILES string of the molecule is CNCc1ccc(S(=O)(=O)Nc2c(Cl)cc(Cl)cc2Cl)o1. The molecule has 21 heavy (non-hydrogen) atoms. The molecule has 2 N–H and O–H groups in total. The summed E-state index contributed by atoms with van der Waals surface area (Å²) in [6.45, 7) is 0.415. The number of rotatable bonds is 5. The van der Waals surface area contributed by atoms with E-state index in [1.807, 2.05) is 0 Å². The second-order valence-corrected chi connectivity index (χ2v) is 6.97. The molecule has 0 atom stereocenters. The smallest absolute Gasteiger partial charge is 0.295 e. The molecule has 0 unspecified atom stereocenters. The van der Waals surface area contributed by atoms with Gasteiger partial charge in [0.2, 0.25) is 5.09 Å². The van der Waals surface area contributed by atoms with Gasteiger partial charge in [0.25, 0.3) is 10.0 Å². The summed E-state index contributed by atoms with van der Waals surface area (Å²) in [5.41, 5.74) is 0.0503. The molecule has 1 heterocycles. The molecule has 0 bridgehead atoms. The van der Waals surface area contributed by atoms with Crippen LogP contribution < -0.4 is 10.0 Å². The largest absolute Gasteiger partial charge is 0.446 e. The molecule has 0 fully saturated rings. The van der Waals surface area contributed by atoms with Crippen molar-refractivity contribution >= 4 is 50.5 Å². The second-order valence-electron chi connectivity index (χ2n) is 4.10. The highest BCUT2D eigenvalue weighted by molar-refractivity contribution is 7.92. The van der Waals surface area contributed by atoms with Crippen LogP contribution in [0.5, 0.6) is 0 Å². The van der Waals surface area contributed by atoms with Crippen molar-refractivity contribution in [1.82, 2.24) is 5.32 Å². The number of furan rings is 1. The number of hydrogen-bond donors (Lipinski definition) is 2. The van der Waals surface area contributed by atoms with E-state index in [-0.39, 0.29) is 20.8 Å². The molecule has 2 rings (SSSR count). The van der Waals surface area contributed by atoms with Crippen LogP contribution in [0, 0.1) is 0 Å². The van der Waals surface area contributed by atoms with Gasteiger partial charge in [-0.2, -0.15) is 8.42 Å². The Bertz CT molecular complexity index is 736. The van der Waals surface area contributed by atoms with E-state index in [9.17, 15) is 8.42 Å². The van der Waals surface area contributed by atoms with Crippen LogP contribution in [0.1, 0.15) is 5.76 Å². The zero-order valence-corrected chi connectivity index (χ0v) is 13.9. The van der Waals surface area contributed by atoms with Gasteiger partial charge in [-0.25, -0.2) is 0 Å². The minimum atomic E-state index is -3.93. The van der Waals surface area contributed by atoms with E-state index in [0.29, 0.717) is 17.3 Å². The van der Waals surface area contributed by atoms with Crippen LogP contribution in [0.15, 0.2) is 33.8 Å². The summed E-state index contributed by atoms with van der Waals surface area (Å²) in [6.07, 6.45) is 0. The maximum absolute atomic E-state index is 12.2. The van der Waals surface area contributed by atoms with E-state index < -0.39 is 10.0 Å². The Balaban J connectivity index is 2.33. The number of anilines is 1. The van der Waals surface area contributed by atoms with Crippen molar-refractivity contribution in [2.24, 2.45) is 0 Å². The maximum Gasteiger partial charge on any atom is 0.295 e. The van der Waals surface area contributed by atoms with Gasteiger partial charge < -0.3 is 9.73 Å². The molecule has 5 nitrogen and oxygen atoms in total. The Morgan fingerprint density at radius 2 is 1.76 bits per heavy atom. The van der Waals surface area contributed by atoms with Gasteiger partial charge in [0, 0.05) is 5.02 Å². The quantitative estimate of drug-likeness (QED) is 0.842. The van der Waals surface area contributed by atoms with Gasteiger partial charge in [0.05, 0.1) is 22.3 Å². The first-order valence-corrected chi connectivity index (χ1v) is 8.36. The molecule has 0 aliphatic rings. The molecule has 0 aliphatic heterocycles. The minimum Gasteiger partial charge on any atom is -0.446 e. The van der Waals surface area contributed by atoms with E-state index in [1.165, 1.54) is 18.2 Å². The van der Waals surface area contributed by atoms with Gasteiger partial charge in [-0.3, -0.25) is 4.72 Å². The zero-order valence-electron chi connectivity index (χ0n) is 10.8. The highest BCUT2D eigenvalue weighted by atomic mass is 35.5. The zero-order chi connectivity index (χ0) is 15.6. The van der Waals surface area contributed by atoms with Gasteiger partial charge in [0.15, 0.2) is 0 Å². The number of sulfonamides is 1. The maximum atomic E-state index is 12.2. The molecule has 114 valence electrons. The molecule has 0 amide bonds. The number of halogens is 3. The molecular weight excluding hydrogens is 359 g/mol. The predicted octanol–water partition coefficient (Wildman–Crippen LogP) is 3.76. The van der Waals surface area contributed by atoms with Crippen LogP contribution in [-0.4, -0.2) is 15.5 Å². The second kappa shape index (κ2) is 6.46. The fraction of sp³-hybridized carbons (Fsp3) is 0.167. The fourth-order valence-electron chi connectivity index (χ4n) is 1.60. The van der Waals surface area contributed by atoms with E-state index in [0.717, 1.165) is 0 Å². The van der Waals surface area contributed by atoms with Crippen LogP contribution in [0.25, 0.3) is 0 Å². The molecule has 2 aromatic rings. The molecule has 0 saturated carbocycles. The lowest BCUT2D eigenvalue weighted by Crippen LogP contribution is -2.13. The normalized spacial score (nSPS) is 11.6. The topological polar surface area (TPSA) is 71.3 Å². The lowest BCUT2D eigenvalue weighted by molar-refractivity contribution is 0.408. The highest BCUT2D eigenvalue weighted by Gasteiger charge is 2.21. The first-order chi connectivity index (χ1) is 9.83. The summed E-state index contributed by atoms with van der Waals surface area (Å²) in [7, 11) is -2.20. The Morgan fingerprint density at radius 1 is 1.14 bits per heavy atom. The summed E-state index contributed by atoms with van der Waals surface area (Å²) >= 11 is 17.7. The molecule has 0 aliphatic carbocycles. The number of hydrogen-bond acceptors (Lipinski definition) is 4. The van der Waals surface area contributed by atoms with Gasteiger partial charge >= 0.3 is 0 Å². The highest BCUT2D eigenvalue weighted by Crippen LogP contribution is 2.35. The molecule has 1 aromatic carbocycles. The Labute approximate surface area is 137 Å². The molecule has 0 radical (unpaired) electrons. The fourth-order valence-corrected chi connectivity index (χ4v) is 3.67. The van der Waals surface area contributed by atoms with E-state index in [1.54, 1.807) is 13.1 Å².